The van der Waals surface area contributed by atoms with Crippen molar-refractivity contribution < 1.29 is 37.1 Å². The highest BCUT2D eigenvalue weighted by atomic mass is 19.1. The minimum Gasteiger partial charge on any atom is -0.483 e. The van der Waals surface area contributed by atoms with Gasteiger partial charge in [0.1, 0.15) is 35.2 Å². The van der Waals surface area contributed by atoms with Gasteiger partial charge in [-0.3, -0.25) is 24.0 Å². The van der Waals surface area contributed by atoms with Gasteiger partial charge in [0, 0.05) is 36.5 Å². The number of nitrogens with zero attached hydrogens (tertiary/aromatic N) is 3. The van der Waals surface area contributed by atoms with E-state index in [0.717, 1.165) is 5.06 Å². The lowest BCUT2D eigenvalue weighted by Gasteiger charge is -2.42. The third-order valence-corrected chi connectivity index (χ3v) is 8.41. The lowest BCUT2D eigenvalue weighted by molar-refractivity contribution is -0.218. The number of hydrogen-bond acceptors (Lipinski definition) is 6. The zero-order valence-corrected chi connectivity index (χ0v) is 23.0. The van der Waals surface area contributed by atoms with Crippen LogP contribution in [0.1, 0.15) is 64.2 Å². The Labute approximate surface area is 243 Å². The van der Waals surface area contributed by atoms with E-state index < -0.39 is 69.9 Å². The summed E-state index contributed by atoms with van der Waals surface area (Å²) in [5.74, 6) is -5.94. The van der Waals surface area contributed by atoms with Gasteiger partial charge in [0.15, 0.2) is 11.4 Å². The first-order valence-electron chi connectivity index (χ1n) is 13.7. The van der Waals surface area contributed by atoms with Crippen LogP contribution in [0.2, 0.25) is 0 Å². The Morgan fingerprint density at radius 2 is 1.81 bits per heavy atom. The van der Waals surface area contributed by atoms with E-state index in [0.29, 0.717) is 24.1 Å². The third kappa shape index (κ3) is 4.83. The minimum atomic E-state index is -1.33. The quantitative estimate of drug-likeness (QED) is 0.466. The number of carbonyl (C=O) groups is 3. The molecule has 1 aromatic heterocycles. The predicted octanol–water partition coefficient (Wildman–Crippen LogP) is 3.23. The van der Waals surface area contributed by atoms with Crippen LogP contribution in [0.5, 0.6) is 5.75 Å². The fourth-order valence-electron chi connectivity index (χ4n) is 6.12. The summed E-state index contributed by atoms with van der Waals surface area (Å²) in [6, 6.07) is 8.77. The van der Waals surface area contributed by atoms with Crippen molar-refractivity contribution in [2.75, 3.05) is 6.54 Å². The molecule has 3 aromatic rings. The Bertz CT molecular complexity index is 1690. The van der Waals surface area contributed by atoms with Gasteiger partial charge in [-0.25, -0.2) is 18.2 Å². The van der Waals surface area contributed by atoms with E-state index in [1.165, 1.54) is 10.8 Å². The fourth-order valence-corrected chi connectivity index (χ4v) is 6.12. The molecule has 2 fully saturated rings. The fraction of sp³-hybridized carbons (Fsp3) is 0.333. The van der Waals surface area contributed by atoms with Crippen molar-refractivity contribution >= 4 is 17.7 Å². The molecule has 6 rings (SSSR count). The number of carbonyl (C=O) groups excluding carboxylic acids is 3. The van der Waals surface area contributed by atoms with Crippen LogP contribution in [0.25, 0.3) is 0 Å². The Hall–Kier alpha value is -4.65. The lowest BCUT2D eigenvalue weighted by atomic mass is 9.85. The van der Waals surface area contributed by atoms with Gasteiger partial charge in [0.2, 0.25) is 11.3 Å². The van der Waals surface area contributed by atoms with Crippen molar-refractivity contribution in [1.82, 2.24) is 14.5 Å². The molecule has 0 saturated carbocycles. The molecular weight excluding hydrogens is 569 g/mol. The first kappa shape index (κ1) is 28.5. The molecule has 3 amide bonds. The molecule has 4 heterocycles. The number of rotatable bonds is 6. The van der Waals surface area contributed by atoms with Crippen molar-refractivity contribution in [3.05, 3.63) is 98.7 Å². The van der Waals surface area contributed by atoms with Crippen molar-refractivity contribution in [2.24, 2.45) is 5.73 Å². The first-order valence-corrected chi connectivity index (χ1v) is 13.7. The van der Waals surface area contributed by atoms with Crippen LogP contribution in [-0.4, -0.2) is 50.4 Å². The molecule has 43 heavy (non-hydrogen) atoms. The predicted molar refractivity (Wildman–Crippen MR) is 144 cm³/mol. The average Bonchev–Trinajstić information content (AvgIpc) is 3.22. The molecule has 2 saturated heterocycles. The molecular formula is C30H27F3N4O6. The molecule has 0 aliphatic carbocycles. The second-order valence-corrected chi connectivity index (χ2v) is 11.1. The highest BCUT2D eigenvalue weighted by Gasteiger charge is 2.56. The van der Waals surface area contributed by atoms with Gasteiger partial charge >= 0.3 is 0 Å². The largest absolute Gasteiger partial charge is 0.483 e. The van der Waals surface area contributed by atoms with E-state index in [1.54, 1.807) is 35.2 Å². The maximum absolute atomic E-state index is 14.5. The summed E-state index contributed by atoms with van der Waals surface area (Å²) in [6.07, 6.45) is 1.60. The van der Waals surface area contributed by atoms with Crippen LogP contribution >= 0.6 is 0 Å². The molecule has 2 bridgehead atoms. The topological polar surface area (TPSA) is 124 Å². The lowest BCUT2D eigenvalue weighted by Crippen LogP contribution is -2.52. The SMILES string of the molecule is C[C@H]1CC[C@]2(CC(=O)N(Cc3c(F)cc(F)cc3F)O2)[C@H]2CN1C(=O)c1c(OCc3ccccc3)c(=O)c(C(N)=O)cn12. The van der Waals surface area contributed by atoms with Crippen molar-refractivity contribution in [3.8, 4) is 5.75 Å². The summed E-state index contributed by atoms with van der Waals surface area (Å²) >= 11 is 0. The molecule has 3 aliphatic rings. The molecule has 2 aromatic carbocycles. The summed E-state index contributed by atoms with van der Waals surface area (Å²) in [6.45, 7) is 1.16. The minimum absolute atomic E-state index is 0.0482. The number of benzene rings is 2. The number of primary amides is 1. The molecule has 2 N–H and O–H groups in total. The van der Waals surface area contributed by atoms with Crippen LogP contribution in [-0.2, 0) is 22.8 Å². The summed E-state index contributed by atoms with van der Waals surface area (Å²) in [7, 11) is 0. The second-order valence-electron chi connectivity index (χ2n) is 11.1. The summed E-state index contributed by atoms with van der Waals surface area (Å²) < 4.78 is 49.8. The maximum Gasteiger partial charge on any atom is 0.274 e. The molecule has 0 unspecified atom stereocenters. The summed E-state index contributed by atoms with van der Waals surface area (Å²) in [4.78, 5) is 60.7. The zero-order valence-electron chi connectivity index (χ0n) is 23.0. The standard InChI is InChI=1S/C30H27F3N4O6/c1-16-7-8-30(11-24(38)37(43-30)13-19-21(32)9-18(31)10-22(19)33)23-14-35(16)29(41)25-27(42-15-17-5-3-2-4-6-17)26(39)20(28(34)40)12-36(23)25/h2-6,9-10,12,16,23H,7-8,11,13-15H2,1H3,(H2,34,40)/t16-,23+,30-/m0/s1. The Morgan fingerprint density at radius 3 is 2.49 bits per heavy atom. The van der Waals surface area contributed by atoms with E-state index in [-0.39, 0.29) is 43.5 Å². The van der Waals surface area contributed by atoms with Crippen LogP contribution in [0.4, 0.5) is 13.2 Å². The normalized spacial score (nSPS) is 23.0. The van der Waals surface area contributed by atoms with Gasteiger partial charge in [0.25, 0.3) is 11.8 Å². The van der Waals surface area contributed by atoms with E-state index in [4.69, 9.17) is 15.3 Å². The van der Waals surface area contributed by atoms with Gasteiger partial charge in [-0.1, -0.05) is 30.3 Å². The number of fused-ring (bicyclic) bond motifs is 5. The van der Waals surface area contributed by atoms with Crippen LogP contribution in [0, 0.1) is 17.5 Å². The van der Waals surface area contributed by atoms with Crippen LogP contribution < -0.4 is 15.9 Å². The number of aromatic nitrogens is 1. The van der Waals surface area contributed by atoms with Crippen LogP contribution in [0.15, 0.2) is 53.5 Å². The third-order valence-electron chi connectivity index (χ3n) is 8.41. The molecule has 224 valence electrons. The van der Waals surface area contributed by atoms with Crippen molar-refractivity contribution in [2.45, 2.75) is 57.0 Å². The Morgan fingerprint density at radius 1 is 1.12 bits per heavy atom. The average molecular weight is 597 g/mol. The second kappa shape index (κ2) is 10.6. The van der Waals surface area contributed by atoms with E-state index in [2.05, 4.69) is 0 Å². The monoisotopic (exact) mass is 596 g/mol. The van der Waals surface area contributed by atoms with Gasteiger partial charge in [-0.2, -0.15) is 0 Å². The Kier molecular flexibility index (Phi) is 6.99. The van der Waals surface area contributed by atoms with Crippen molar-refractivity contribution in [1.29, 1.82) is 0 Å². The zero-order chi connectivity index (χ0) is 30.6. The number of nitrogens with two attached hydrogens (primary N) is 1. The smallest absolute Gasteiger partial charge is 0.274 e. The first-order chi connectivity index (χ1) is 20.5. The van der Waals surface area contributed by atoms with Gasteiger partial charge < -0.3 is 19.9 Å². The summed E-state index contributed by atoms with van der Waals surface area (Å²) in [5, 5.41) is 0.833. The van der Waals surface area contributed by atoms with Crippen LogP contribution in [0.3, 0.4) is 0 Å². The van der Waals surface area contributed by atoms with E-state index in [9.17, 15) is 32.3 Å². The molecule has 3 aliphatic heterocycles. The molecule has 1 spiro atoms. The number of halogens is 3. The number of pyridine rings is 1. The van der Waals surface area contributed by atoms with E-state index in [1.807, 2.05) is 6.92 Å². The van der Waals surface area contributed by atoms with Gasteiger partial charge in [-0.15, -0.1) is 0 Å². The van der Waals surface area contributed by atoms with E-state index >= 15 is 0 Å². The summed E-state index contributed by atoms with van der Waals surface area (Å²) in [5.41, 5.74) is 2.99. The highest BCUT2D eigenvalue weighted by molar-refractivity contribution is 5.99. The van der Waals surface area contributed by atoms with Crippen molar-refractivity contribution in [3.63, 3.8) is 0 Å². The number of ether oxygens (including phenoxy) is 1. The number of amides is 3. The molecule has 3 atom stereocenters. The Balaban J connectivity index is 1.45. The molecule has 10 nitrogen and oxygen atoms in total. The maximum atomic E-state index is 14.5. The van der Waals surface area contributed by atoms with Gasteiger partial charge in [-0.05, 0) is 25.3 Å². The van der Waals surface area contributed by atoms with Gasteiger partial charge in [0.05, 0.1) is 19.0 Å². The molecule has 13 heteroatoms. The number of hydrogen-bond donors (Lipinski definition) is 1. The highest BCUT2D eigenvalue weighted by Crippen LogP contribution is 2.47. The molecule has 0 radical (unpaired) electrons. The number of hydroxylamine groups is 2.